The summed E-state index contributed by atoms with van der Waals surface area (Å²) in [7, 11) is 0. The normalized spacial score (nSPS) is 12.1. The summed E-state index contributed by atoms with van der Waals surface area (Å²) in [6.07, 6.45) is 0. The number of aromatic nitrogens is 2. The summed E-state index contributed by atoms with van der Waals surface area (Å²) >= 11 is 3.25. The molecule has 0 aliphatic rings. The number of nitrogens with one attached hydrogen (secondary N) is 1. The number of hydrogen-bond donors (Lipinski definition) is 2. The molecule has 1 rings (SSSR count). The van der Waals surface area contributed by atoms with Gasteiger partial charge in [-0.3, -0.25) is 0 Å². The first-order valence-electron chi connectivity index (χ1n) is 3.42. The van der Waals surface area contributed by atoms with Gasteiger partial charge >= 0.3 is 0 Å². The van der Waals surface area contributed by atoms with Gasteiger partial charge in [0, 0.05) is 5.69 Å². The zero-order valence-corrected chi connectivity index (χ0v) is 8.49. The van der Waals surface area contributed by atoms with E-state index in [1.54, 1.807) is 0 Å². The van der Waals surface area contributed by atoms with E-state index in [0.29, 0.717) is 0 Å². The van der Waals surface area contributed by atoms with Crippen molar-refractivity contribution in [1.82, 2.24) is 9.97 Å². The van der Waals surface area contributed by atoms with E-state index in [0.717, 1.165) is 16.1 Å². The summed E-state index contributed by atoms with van der Waals surface area (Å²) in [5, 5.41) is 0. The molecule has 0 radical (unpaired) electrons. The van der Waals surface area contributed by atoms with Crippen LogP contribution in [0.15, 0.2) is 4.73 Å². The lowest BCUT2D eigenvalue weighted by Gasteiger charge is -2.15. The highest BCUT2D eigenvalue weighted by molar-refractivity contribution is 9.10. The predicted octanol–water partition coefficient (Wildman–Crippen LogP) is 1.67. The summed E-state index contributed by atoms with van der Waals surface area (Å²) < 4.78 is 0.739. The Kier molecular flexibility index (Phi) is 2.07. The van der Waals surface area contributed by atoms with Crippen LogP contribution >= 0.6 is 15.9 Å². The van der Waals surface area contributed by atoms with Crippen LogP contribution in [-0.2, 0) is 5.54 Å². The minimum absolute atomic E-state index is 0.368. The Labute approximate surface area is 74.5 Å². The second-order valence-electron chi connectivity index (χ2n) is 3.22. The maximum absolute atomic E-state index is 5.87. The van der Waals surface area contributed by atoms with Crippen LogP contribution in [0.5, 0.6) is 0 Å². The molecule has 1 aromatic heterocycles. The molecule has 0 aliphatic carbocycles. The van der Waals surface area contributed by atoms with Gasteiger partial charge in [0.05, 0.1) is 11.2 Å². The number of nitrogens with two attached hydrogens (primary N) is 1. The first kappa shape index (κ1) is 8.74. The molecular formula is C7H12BrN3. The van der Waals surface area contributed by atoms with E-state index in [-0.39, 0.29) is 5.54 Å². The Morgan fingerprint density at radius 2 is 2.09 bits per heavy atom. The molecule has 62 valence electrons. The molecule has 0 spiro atoms. The molecule has 0 aromatic carbocycles. The highest BCUT2D eigenvalue weighted by Gasteiger charge is 2.20. The van der Waals surface area contributed by atoms with Gasteiger partial charge in [0.15, 0.2) is 4.73 Å². The average molecular weight is 218 g/mol. The van der Waals surface area contributed by atoms with E-state index in [1.807, 2.05) is 20.8 Å². The number of aromatic amines is 1. The van der Waals surface area contributed by atoms with Crippen molar-refractivity contribution >= 4 is 15.9 Å². The molecule has 0 saturated carbocycles. The first-order chi connectivity index (χ1) is 4.91. The molecule has 1 heterocycles. The van der Waals surface area contributed by atoms with E-state index in [1.165, 1.54) is 0 Å². The Balaban J connectivity index is 3.13. The number of aryl methyl sites for hydroxylation is 1. The Morgan fingerprint density at radius 1 is 1.55 bits per heavy atom. The van der Waals surface area contributed by atoms with E-state index in [4.69, 9.17) is 5.73 Å². The lowest BCUT2D eigenvalue weighted by Crippen LogP contribution is -2.29. The van der Waals surface area contributed by atoms with Crippen LogP contribution in [-0.4, -0.2) is 9.97 Å². The fourth-order valence-electron chi connectivity index (χ4n) is 1.05. The van der Waals surface area contributed by atoms with Crippen molar-refractivity contribution in [3.63, 3.8) is 0 Å². The summed E-state index contributed by atoms with van der Waals surface area (Å²) in [6.45, 7) is 5.83. The van der Waals surface area contributed by atoms with E-state index in [9.17, 15) is 0 Å². The third-order valence-corrected chi connectivity index (χ3v) is 1.84. The molecule has 3 N–H and O–H groups in total. The predicted molar refractivity (Wildman–Crippen MR) is 48.2 cm³/mol. The largest absolute Gasteiger partial charge is 0.336 e. The number of nitrogens with zero attached hydrogens (tertiary/aromatic N) is 1. The third-order valence-electron chi connectivity index (χ3n) is 1.47. The monoisotopic (exact) mass is 217 g/mol. The highest BCUT2D eigenvalue weighted by Crippen LogP contribution is 2.20. The lowest BCUT2D eigenvalue weighted by molar-refractivity contribution is 0.534. The van der Waals surface area contributed by atoms with Gasteiger partial charge in [0.1, 0.15) is 0 Å². The van der Waals surface area contributed by atoms with Crippen molar-refractivity contribution < 1.29 is 0 Å². The van der Waals surface area contributed by atoms with Gasteiger partial charge in [0.25, 0.3) is 0 Å². The molecule has 0 saturated heterocycles. The Morgan fingerprint density at radius 3 is 2.27 bits per heavy atom. The fraction of sp³-hybridized carbons (Fsp3) is 0.571. The topological polar surface area (TPSA) is 54.7 Å². The van der Waals surface area contributed by atoms with Crippen molar-refractivity contribution in [2.75, 3.05) is 0 Å². The van der Waals surface area contributed by atoms with Crippen molar-refractivity contribution in [1.29, 1.82) is 0 Å². The third kappa shape index (κ3) is 1.81. The molecular weight excluding hydrogens is 206 g/mol. The van der Waals surface area contributed by atoms with E-state index >= 15 is 0 Å². The Bertz CT molecular complexity index is 259. The fourth-order valence-corrected chi connectivity index (χ4v) is 1.53. The van der Waals surface area contributed by atoms with Crippen LogP contribution in [0, 0.1) is 6.92 Å². The minimum atomic E-state index is -0.368. The van der Waals surface area contributed by atoms with Crippen LogP contribution < -0.4 is 5.73 Å². The highest BCUT2D eigenvalue weighted by atomic mass is 79.9. The molecule has 0 atom stereocenters. The van der Waals surface area contributed by atoms with Crippen LogP contribution in [0.25, 0.3) is 0 Å². The van der Waals surface area contributed by atoms with Crippen molar-refractivity contribution in [2.24, 2.45) is 5.73 Å². The van der Waals surface area contributed by atoms with Crippen LogP contribution in [0.1, 0.15) is 25.2 Å². The van der Waals surface area contributed by atoms with Gasteiger partial charge in [-0.25, -0.2) is 4.98 Å². The molecule has 3 nitrogen and oxygen atoms in total. The van der Waals surface area contributed by atoms with Gasteiger partial charge in [0.2, 0.25) is 0 Å². The van der Waals surface area contributed by atoms with Gasteiger partial charge in [-0.1, -0.05) is 0 Å². The molecule has 0 bridgehead atoms. The SMILES string of the molecule is Cc1[nH]c(Br)nc1C(C)(C)N. The number of H-pyrrole nitrogens is 1. The smallest absolute Gasteiger partial charge is 0.174 e. The molecule has 0 fully saturated rings. The number of halogens is 1. The summed E-state index contributed by atoms with van der Waals surface area (Å²) in [4.78, 5) is 7.26. The standard InChI is InChI=1S/C7H12BrN3/c1-4-5(7(2,3)9)11-6(8)10-4/h9H2,1-3H3,(H,10,11). The number of imidazole rings is 1. The molecule has 0 amide bonds. The van der Waals surface area contributed by atoms with Crippen molar-refractivity contribution in [3.05, 3.63) is 16.1 Å². The maximum atomic E-state index is 5.87. The molecule has 0 aliphatic heterocycles. The number of rotatable bonds is 1. The minimum Gasteiger partial charge on any atom is -0.336 e. The summed E-state index contributed by atoms with van der Waals surface area (Å²) in [5.41, 5.74) is 7.42. The van der Waals surface area contributed by atoms with Gasteiger partial charge in [-0.05, 0) is 36.7 Å². The summed E-state index contributed by atoms with van der Waals surface area (Å²) in [6, 6.07) is 0. The maximum Gasteiger partial charge on any atom is 0.174 e. The second-order valence-corrected chi connectivity index (χ2v) is 3.97. The second kappa shape index (κ2) is 2.60. The number of hydrogen-bond acceptors (Lipinski definition) is 2. The van der Waals surface area contributed by atoms with Gasteiger partial charge in [-0.15, -0.1) is 0 Å². The molecule has 11 heavy (non-hydrogen) atoms. The van der Waals surface area contributed by atoms with E-state index in [2.05, 4.69) is 25.9 Å². The zero-order chi connectivity index (χ0) is 8.65. The molecule has 4 heteroatoms. The molecule has 0 unspecified atom stereocenters. The van der Waals surface area contributed by atoms with Crippen LogP contribution in [0.3, 0.4) is 0 Å². The zero-order valence-electron chi connectivity index (χ0n) is 6.90. The van der Waals surface area contributed by atoms with E-state index < -0.39 is 0 Å². The molecule has 1 aromatic rings. The lowest BCUT2D eigenvalue weighted by atomic mass is 10.0. The van der Waals surface area contributed by atoms with Crippen molar-refractivity contribution in [2.45, 2.75) is 26.3 Å². The van der Waals surface area contributed by atoms with Crippen LogP contribution in [0.2, 0.25) is 0 Å². The average Bonchev–Trinajstić information content (AvgIpc) is 2.08. The van der Waals surface area contributed by atoms with Gasteiger partial charge < -0.3 is 10.7 Å². The Hall–Kier alpha value is -0.350. The quantitative estimate of drug-likeness (QED) is 0.753. The van der Waals surface area contributed by atoms with Crippen LogP contribution in [0.4, 0.5) is 0 Å². The van der Waals surface area contributed by atoms with Gasteiger partial charge in [-0.2, -0.15) is 0 Å². The first-order valence-corrected chi connectivity index (χ1v) is 4.22. The summed E-state index contributed by atoms with van der Waals surface area (Å²) in [5.74, 6) is 0. The van der Waals surface area contributed by atoms with Crippen molar-refractivity contribution in [3.8, 4) is 0 Å².